The number of pyridine rings is 1. The van der Waals surface area contributed by atoms with E-state index in [4.69, 9.17) is 18.0 Å². The predicted molar refractivity (Wildman–Crippen MR) is 75.2 cm³/mol. The molecule has 0 amide bonds. The molecule has 4 heteroatoms. The molecule has 1 saturated carbocycles. The van der Waals surface area contributed by atoms with Crippen LogP contribution in [0.25, 0.3) is 0 Å². The first-order valence-corrected chi connectivity index (χ1v) is 6.58. The summed E-state index contributed by atoms with van der Waals surface area (Å²) in [4.78, 5) is 4.74. The maximum absolute atomic E-state index is 5.61. The molecule has 17 heavy (non-hydrogen) atoms. The van der Waals surface area contributed by atoms with Crippen LogP contribution in [0.5, 0.6) is 0 Å². The first-order valence-electron chi connectivity index (χ1n) is 6.17. The monoisotopic (exact) mass is 249 g/mol. The minimum atomic E-state index is 0.424. The Labute approximate surface area is 108 Å². The van der Waals surface area contributed by atoms with Gasteiger partial charge in [-0.15, -0.1) is 0 Å². The number of rotatable bonds is 3. The molecule has 2 atom stereocenters. The first kappa shape index (κ1) is 12.3. The molecule has 1 heterocycles. The van der Waals surface area contributed by atoms with Gasteiger partial charge in [0.1, 0.15) is 10.8 Å². The molecule has 0 spiro atoms. The van der Waals surface area contributed by atoms with E-state index in [1.807, 2.05) is 12.1 Å². The molecule has 3 N–H and O–H groups in total. The van der Waals surface area contributed by atoms with Crippen LogP contribution in [0.2, 0.25) is 0 Å². The molecule has 1 aromatic heterocycles. The van der Waals surface area contributed by atoms with Crippen LogP contribution in [0.15, 0.2) is 18.3 Å². The highest BCUT2D eigenvalue weighted by molar-refractivity contribution is 7.80. The van der Waals surface area contributed by atoms with Crippen molar-refractivity contribution in [1.29, 1.82) is 0 Å². The highest BCUT2D eigenvalue weighted by Crippen LogP contribution is 2.25. The number of aromatic nitrogens is 1. The third kappa shape index (κ3) is 3.40. The van der Waals surface area contributed by atoms with Gasteiger partial charge in [0.15, 0.2) is 0 Å². The van der Waals surface area contributed by atoms with Crippen LogP contribution in [0.4, 0.5) is 5.82 Å². The minimum Gasteiger partial charge on any atom is -0.389 e. The molecule has 0 aromatic carbocycles. The van der Waals surface area contributed by atoms with E-state index in [0.29, 0.717) is 11.0 Å². The summed E-state index contributed by atoms with van der Waals surface area (Å²) in [6, 6.07) is 4.31. The van der Waals surface area contributed by atoms with Crippen LogP contribution in [0.3, 0.4) is 0 Å². The zero-order valence-electron chi connectivity index (χ0n) is 10.1. The Morgan fingerprint density at radius 1 is 1.53 bits per heavy atom. The Kier molecular flexibility index (Phi) is 3.94. The molecular weight excluding hydrogens is 230 g/mol. The average Bonchev–Trinajstić information content (AvgIpc) is 2.29. The van der Waals surface area contributed by atoms with Crippen molar-refractivity contribution >= 4 is 23.0 Å². The normalized spacial score (nSPS) is 24.3. The Bertz CT molecular complexity index is 405. The number of thiocarbonyl (C=S) groups is 1. The van der Waals surface area contributed by atoms with Gasteiger partial charge in [0.25, 0.3) is 0 Å². The molecule has 0 saturated heterocycles. The fourth-order valence-corrected chi connectivity index (χ4v) is 2.56. The summed E-state index contributed by atoms with van der Waals surface area (Å²) in [5.74, 6) is 1.69. The summed E-state index contributed by atoms with van der Waals surface area (Å²) in [7, 11) is 0. The summed E-state index contributed by atoms with van der Waals surface area (Å²) in [6.07, 6.45) is 6.84. The first-order chi connectivity index (χ1) is 8.15. The van der Waals surface area contributed by atoms with E-state index in [9.17, 15) is 0 Å². The van der Waals surface area contributed by atoms with Gasteiger partial charge in [-0.25, -0.2) is 4.98 Å². The van der Waals surface area contributed by atoms with Gasteiger partial charge in [-0.1, -0.05) is 32.0 Å². The van der Waals surface area contributed by atoms with E-state index in [1.54, 1.807) is 6.20 Å². The fraction of sp³-hybridized carbons (Fsp3) is 0.538. The number of hydrogen-bond donors (Lipinski definition) is 2. The lowest BCUT2D eigenvalue weighted by Gasteiger charge is -2.27. The molecule has 1 aliphatic rings. The molecule has 0 aliphatic heterocycles. The van der Waals surface area contributed by atoms with E-state index in [1.165, 1.54) is 25.7 Å². The summed E-state index contributed by atoms with van der Waals surface area (Å²) >= 11 is 4.97. The van der Waals surface area contributed by atoms with Gasteiger partial charge in [0.05, 0.1) is 0 Å². The van der Waals surface area contributed by atoms with Crippen molar-refractivity contribution in [2.24, 2.45) is 11.7 Å². The van der Waals surface area contributed by atoms with E-state index >= 15 is 0 Å². The fourth-order valence-electron chi connectivity index (χ4n) is 2.44. The Hall–Kier alpha value is -1.16. The van der Waals surface area contributed by atoms with E-state index in [-0.39, 0.29) is 0 Å². The lowest BCUT2D eigenvalue weighted by Crippen LogP contribution is -2.26. The number of nitrogens with one attached hydrogen (secondary N) is 1. The van der Waals surface area contributed by atoms with Crippen molar-refractivity contribution < 1.29 is 0 Å². The molecule has 2 rings (SSSR count). The zero-order valence-corrected chi connectivity index (χ0v) is 11.0. The molecule has 1 aromatic rings. The molecule has 1 fully saturated rings. The van der Waals surface area contributed by atoms with Gasteiger partial charge in [-0.3, -0.25) is 0 Å². The molecule has 2 unspecified atom stereocenters. The van der Waals surface area contributed by atoms with Crippen molar-refractivity contribution in [2.75, 3.05) is 5.32 Å². The predicted octanol–water partition coefficient (Wildman–Crippen LogP) is 2.71. The highest BCUT2D eigenvalue weighted by atomic mass is 32.1. The average molecular weight is 249 g/mol. The van der Waals surface area contributed by atoms with E-state index in [0.717, 1.165) is 17.3 Å². The summed E-state index contributed by atoms with van der Waals surface area (Å²) in [5.41, 5.74) is 6.49. The second-order valence-corrected chi connectivity index (χ2v) is 5.35. The SMILES string of the molecule is CC1CCCC(Nc2cc(C(N)=S)ccn2)C1. The van der Waals surface area contributed by atoms with Crippen molar-refractivity contribution in [2.45, 2.75) is 38.6 Å². The number of nitrogens with zero attached hydrogens (tertiary/aromatic N) is 1. The molecular formula is C13H19N3S. The topological polar surface area (TPSA) is 50.9 Å². The molecule has 1 aliphatic carbocycles. The van der Waals surface area contributed by atoms with Gasteiger partial charge in [0, 0.05) is 17.8 Å². The van der Waals surface area contributed by atoms with Crippen molar-refractivity contribution in [3.8, 4) is 0 Å². The highest BCUT2D eigenvalue weighted by Gasteiger charge is 2.18. The van der Waals surface area contributed by atoms with Crippen LogP contribution in [0, 0.1) is 5.92 Å². The van der Waals surface area contributed by atoms with Crippen LogP contribution >= 0.6 is 12.2 Å². The minimum absolute atomic E-state index is 0.424. The van der Waals surface area contributed by atoms with E-state index in [2.05, 4.69) is 17.2 Å². The molecule has 3 nitrogen and oxygen atoms in total. The third-order valence-electron chi connectivity index (χ3n) is 3.33. The van der Waals surface area contributed by atoms with Crippen LogP contribution in [0.1, 0.15) is 38.2 Å². The lowest BCUT2D eigenvalue weighted by atomic mass is 9.87. The van der Waals surface area contributed by atoms with Gasteiger partial charge in [0.2, 0.25) is 0 Å². The number of nitrogens with two attached hydrogens (primary N) is 1. The lowest BCUT2D eigenvalue weighted by molar-refractivity contribution is 0.358. The standard InChI is InChI=1S/C13H19N3S/c1-9-3-2-4-11(7-9)16-12-8-10(13(14)17)5-6-15-12/h5-6,8-9,11H,2-4,7H2,1H3,(H2,14,17)(H,15,16). The van der Waals surface area contributed by atoms with Crippen molar-refractivity contribution in [3.63, 3.8) is 0 Å². The van der Waals surface area contributed by atoms with Gasteiger partial charge >= 0.3 is 0 Å². The second kappa shape index (κ2) is 5.45. The Morgan fingerprint density at radius 3 is 3.06 bits per heavy atom. The van der Waals surface area contributed by atoms with Gasteiger partial charge in [-0.05, 0) is 30.9 Å². The Balaban J connectivity index is 2.02. The largest absolute Gasteiger partial charge is 0.389 e. The molecule has 0 radical (unpaired) electrons. The van der Waals surface area contributed by atoms with Crippen molar-refractivity contribution in [1.82, 2.24) is 4.98 Å². The van der Waals surface area contributed by atoms with Crippen LogP contribution in [-0.2, 0) is 0 Å². The number of hydrogen-bond acceptors (Lipinski definition) is 3. The molecule has 92 valence electrons. The van der Waals surface area contributed by atoms with Crippen molar-refractivity contribution in [3.05, 3.63) is 23.9 Å². The second-order valence-electron chi connectivity index (χ2n) is 4.91. The smallest absolute Gasteiger partial charge is 0.126 e. The zero-order chi connectivity index (χ0) is 12.3. The molecule has 0 bridgehead atoms. The summed E-state index contributed by atoms with van der Waals surface area (Å²) < 4.78 is 0. The Morgan fingerprint density at radius 2 is 2.35 bits per heavy atom. The summed E-state index contributed by atoms with van der Waals surface area (Å²) in [5, 5.41) is 3.48. The quantitative estimate of drug-likeness (QED) is 0.809. The maximum atomic E-state index is 5.61. The summed E-state index contributed by atoms with van der Waals surface area (Å²) in [6.45, 7) is 2.31. The maximum Gasteiger partial charge on any atom is 0.126 e. The number of anilines is 1. The van der Waals surface area contributed by atoms with E-state index < -0.39 is 0 Å². The van der Waals surface area contributed by atoms with Crippen LogP contribution in [-0.4, -0.2) is 16.0 Å². The third-order valence-corrected chi connectivity index (χ3v) is 3.57. The van der Waals surface area contributed by atoms with Gasteiger partial charge in [-0.2, -0.15) is 0 Å². The van der Waals surface area contributed by atoms with Crippen LogP contribution < -0.4 is 11.1 Å². The van der Waals surface area contributed by atoms with Gasteiger partial charge < -0.3 is 11.1 Å².